The van der Waals surface area contributed by atoms with Crippen LogP contribution in [0.25, 0.3) is 0 Å². The first-order valence-corrected chi connectivity index (χ1v) is 30.2. The zero-order valence-electron chi connectivity index (χ0n) is 45.2. The molecule has 0 rings (SSSR count). The Morgan fingerprint density at radius 2 is 0.591 bits per heavy atom. The van der Waals surface area contributed by atoms with Crippen LogP contribution in [-0.2, 0) is 23.8 Å². The highest BCUT2D eigenvalue weighted by atomic mass is 16.6. The fourth-order valence-electron chi connectivity index (χ4n) is 9.27. The Bertz CT molecular complexity index is 963. The first-order valence-electron chi connectivity index (χ1n) is 30.2. The number of hydrogen-bond donors (Lipinski definition) is 0. The Labute approximate surface area is 414 Å². The van der Waals surface area contributed by atoms with Crippen molar-refractivity contribution >= 4 is 11.9 Å². The molecule has 0 amide bonds. The van der Waals surface area contributed by atoms with Crippen LogP contribution in [0.2, 0.25) is 0 Å². The quantitative estimate of drug-likeness (QED) is 0.0345. The number of rotatable bonds is 57. The van der Waals surface area contributed by atoms with Gasteiger partial charge in [0.1, 0.15) is 6.61 Å². The van der Waals surface area contributed by atoms with Gasteiger partial charge in [-0.3, -0.25) is 9.59 Å². The number of carbonyl (C=O) groups excluding carboxylic acids is 2. The summed E-state index contributed by atoms with van der Waals surface area (Å²) in [5.41, 5.74) is 0. The molecule has 1 unspecified atom stereocenters. The van der Waals surface area contributed by atoms with Crippen molar-refractivity contribution in [3.63, 3.8) is 0 Å². The van der Waals surface area contributed by atoms with E-state index in [9.17, 15) is 9.59 Å². The van der Waals surface area contributed by atoms with E-state index in [1.807, 2.05) is 0 Å². The lowest BCUT2D eigenvalue weighted by atomic mass is 10.0. The molecule has 5 heteroatoms. The van der Waals surface area contributed by atoms with Gasteiger partial charge in [-0.25, -0.2) is 0 Å². The zero-order valence-corrected chi connectivity index (χ0v) is 45.2. The Balaban J connectivity index is 4.16. The molecule has 0 bridgehead atoms. The second kappa shape index (κ2) is 58.0. The van der Waals surface area contributed by atoms with Gasteiger partial charge in [-0.05, 0) is 44.9 Å². The molecule has 0 saturated carbocycles. The Morgan fingerprint density at radius 1 is 0.318 bits per heavy atom. The molecule has 0 spiro atoms. The third-order valence-electron chi connectivity index (χ3n) is 13.8. The number of hydrogen-bond acceptors (Lipinski definition) is 5. The van der Waals surface area contributed by atoms with Crippen LogP contribution in [0.4, 0.5) is 0 Å². The van der Waals surface area contributed by atoms with E-state index in [0.717, 1.165) is 44.9 Å². The van der Waals surface area contributed by atoms with E-state index in [1.54, 1.807) is 0 Å². The molecule has 0 aliphatic rings. The molecule has 66 heavy (non-hydrogen) atoms. The Morgan fingerprint density at radius 3 is 0.939 bits per heavy atom. The summed E-state index contributed by atoms with van der Waals surface area (Å²) in [4.78, 5) is 25.5. The molecule has 0 aliphatic heterocycles. The fraction of sp³-hybridized carbons (Fsp3) is 0.934. The van der Waals surface area contributed by atoms with E-state index in [1.165, 1.54) is 263 Å². The summed E-state index contributed by atoms with van der Waals surface area (Å²) in [5.74, 6) is -0.380. The van der Waals surface area contributed by atoms with E-state index < -0.39 is 6.10 Å². The summed E-state index contributed by atoms with van der Waals surface area (Å²) in [6.07, 6.45) is 68.1. The van der Waals surface area contributed by atoms with E-state index in [4.69, 9.17) is 14.2 Å². The largest absolute Gasteiger partial charge is 0.462 e. The molecule has 0 aromatic carbocycles. The summed E-state index contributed by atoms with van der Waals surface area (Å²) in [6.45, 7) is 7.90. The van der Waals surface area contributed by atoms with Gasteiger partial charge in [-0.2, -0.15) is 0 Å². The number of allylic oxidation sites excluding steroid dienone is 2. The lowest BCUT2D eigenvalue weighted by Gasteiger charge is -2.18. The highest BCUT2D eigenvalue weighted by molar-refractivity contribution is 5.70. The fourth-order valence-corrected chi connectivity index (χ4v) is 9.27. The van der Waals surface area contributed by atoms with Crippen LogP contribution in [0, 0.1) is 0 Å². The van der Waals surface area contributed by atoms with E-state index in [-0.39, 0.29) is 18.5 Å². The lowest BCUT2D eigenvalue weighted by molar-refractivity contribution is -0.163. The summed E-state index contributed by atoms with van der Waals surface area (Å²) in [7, 11) is 0. The smallest absolute Gasteiger partial charge is 0.306 e. The molecule has 5 nitrogen and oxygen atoms in total. The van der Waals surface area contributed by atoms with E-state index >= 15 is 0 Å². The minimum absolute atomic E-state index is 0.0922. The highest BCUT2D eigenvalue weighted by Gasteiger charge is 2.17. The predicted octanol–water partition coefficient (Wildman–Crippen LogP) is 20.6. The summed E-state index contributed by atoms with van der Waals surface area (Å²) < 4.78 is 17.5. The van der Waals surface area contributed by atoms with E-state index in [2.05, 4.69) is 32.9 Å². The van der Waals surface area contributed by atoms with Crippen molar-refractivity contribution in [3.05, 3.63) is 12.2 Å². The Kier molecular flexibility index (Phi) is 56.8. The van der Waals surface area contributed by atoms with Crippen molar-refractivity contribution in [3.8, 4) is 0 Å². The minimum Gasteiger partial charge on any atom is -0.462 e. The second-order valence-corrected chi connectivity index (χ2v) is 20.6. The molecular weight excluding hydrogens is 813 g/mol. The van der Waals surface area contributed by atoms with Crippen LogP contribution >= 0.6 is 0 Å². The summed E-state index contributed by atoms with van der Waals surface area (Å²) in [5, 5.41) is 0. The summed E-state index contributed by atoms with van der Waals surface area (Å²) in [6, 6.07) is 0. The molecule has 1 atom stereocenters. The van der Waals surface area contributed by atoms with Crippen molar-refractivity contribution in [2.24, 2.45) is 0 Å². The third kappa shape index (κ3) is 55.2. The van der Waals surface area contributed by atoms with Crippen LogP contribution in [0.5, 0.6) is 0 Å². The van der Waals surface area contributed by atoms with Gasteiger partial charge >= 0.3 is 11.9 Å². The molecule has 0 saturated heterocycles. The van der Waals surface area contributed by atoms with Gasteiger partial charge < -0.3 is 14.2 Å². The van der Waals surface area contributed by atoms with Crippen molar-refractivity contribution in [1.29, 1.82) is 0 Å². The SMILES string of the molecule is CCCCCC/C=C\CCCCCCCC(=O)OC(COCCCCCCCCCCCCCCCCCCCCCC)COC(=O)CCCCCCCCCCCCCCCCCCC. The molecular formula is C61H118O5. The van der Waals surface area contributed by atoms with Crippen LogP contribution in [-0.4, -0.2) is 37.9 Å². The van der Waals surface area contributed by atoms with Gasteiger partial charge in [-0.1, -0.05) is 296 Å². The standard InChI is InChI=1S/C61H118O5/c1-4-7-10-13-16-19-22-25-27-29-30-31-33-35-38-41-44-47-50-53-56-64-57-59(66-61(63)55-52-49-46-43-40-36-24-21-18-15-12-9-6-3)58-65-60(62)54-51-48-45-42-39-37-34-32-28-26-23-20-17-14-11-8-5-2/h21,24,59H,4-20,22-23,25-58H2,1-3H3/b24-21-. The maximum absolute atomic E-state index is 12.8. The average molecular weight is 932 g/mol. The van der Waals surface area contributed by atoms with Gasteiger partial charge in [0.25, 0.3) is 0 Å². The average Bonchev–Trinajstić information content (AvgIpc) is 3.32. The van der Waals surface area contributed by atoms with Crippen molar-refractivity contribution < 1.29 is 23.8 Å². The Hall–Kier alpha value is -1.36. The van der Waals surface area contributed by atoms with Gasteiger partial charge in [0.05, 0.1) is 6.61 Å². The first-order chi connectivity index (χ1) is 32.6. The molecule has 0 aliphatic carbocycles. The minimum atomic E-state index is -0.532. The van der Waals surface area contributed by atoms with Crippen molar-refractivity contribution in [1.82, 2.24) is 0 Å². The van der Waals surface area contributed by atoms with E-state index in [0.29, 0.717) is 26.1 Å². The van der Waals surface area contributed by atoms with Gasteiger partial charge in [0, 0.05) is 19.4 Å². The van der Waals surface area contributed by atoms with Crippen molar-refractivity contribution in [2.45, 2.75) is 348 Å². The first kappa shape index (κ1) is 64.6. The van der Waals surface area contributed by atoms with Gasteiger partial charge in [0.2, 0.25) is 0 Å². The molecule has 392 valence electrons. The predicted molar refractivity (Wildman–Crippen MR) is 289 cm³/mol. The molecule has 0 aromatic rings. The molecule has 0 N–H and O–H groups in total. The number of ether oxygens (including phenoxy) is 3. The topological polar surface area (TPSA) is 61.8 Å². The van der Waals surface area contributed by atoms with Crippen LogP contribution in [0.1, 0.15) is 342 Å². The molecule has 0 aromatic heterocycles. The second-order valence-electron chi connectivity index (χ2n) is 20.6. The molecule has 0 fully saturated rings. The van der Waals surface area contributed by atoms with Crippen LogP contribution in [0.15, 0.2) is 12.2 Å². The maximum Gasteiger partial charge on any atom is 0.306 e. The van der Waals surface area contributed by atoms with Gasteiger partial charge in [0.15, 0.2) is 6.10 Å². The number of carbonyl (C=O) groups is 2. The van der Waals surface area contributed by atoms with Crippen molar-refractivity contribution in [2.75, 3.05) is 19.8 Å². The third-order valence-corrected chi connectivity index (χ3v) is 13.8. The van der Waals surface area contributed by atoms with Crippen LogP contribution < -0.4 is 0 Å². The monoisotopic (exact) mass is 931 g/mol. The summed E-state index contributed by atoms with van der Waals surface area (Å²) >= 11 is 0. The molecule has 0 heterocycles. The highest BCUT2D eigenvalue weighted by Crippen LogP contribution is 2.17. The zero-order chi connectivity index (χ0) is 47.7. The number of esters is 2. The van der Waals surface area contributed by atoms with Crippen LogP contribution in [0.3, 0.4) is 0 Å². The maximum atomic E-state index is 12.8. The molecule has 0 radical (unpaired) electrons. The number of unbranched alkanes of at least 4 members (excludes halogenated alkanes) is 44. The van der Waals surface area contributed by atoms with Gasteiger partial charge in [-0.15, -0.1) is 0 Å². The normalized spacial score (nSPS) is 12.1. The lowest BCUT2D eigenvalue weighted by Crippen LogP contribution is -2.30.